The van der Waals surface area contributed by atoms with Crippen LogP contribution in [0, 0.1) is 0 Å². The number of unbranched alkanes of at least 4 members (excludes halogenated alkanes) is 30. The molecule has 1 amide bonds. The number of hydrogen-bond acceptors (Lipinski definition) is 8. The van der Waals surface area contributed by atoms with E-state index in [4.69, 9.17) is 9.47 Å². The molecule has 7 atom stereocenters. The molecule has 0 aliphatic carbocycles. The SMILES string of the molecule is CCCCCCCCCCC/C=C/C[C@@H](O)[C@H](CO[C@@H]1O[C@H](CO)[C@@H](O)[C@H](O)[C@H]1O)NC(=O)CCCCCCCCCCCCCCCCCCCCCCCC. The van der Waals surface area contributed by atoms with Crippen LogP contribution in [-0.2, 0) is 14.3 Å². The van der Waals surface area contributed by atoms with Crippen molar-refractivity contribution in [2.45, 2.75) is 275 Å². The lowest BCUT2D eigenvalue weighted by molar-refractivity contribution is -0.302. The van der Waals surface area contributed by atoms with Crippen molar-refractivity contribution in [1.29, 1.82) is 0 Å². The standard InChI is InChI=1S/C48H93NO8/c1-3-5-7-9-11-13-15-17-18-19-20-21-22-23-24-25-26-28-30-32-34-36-38-44(52)49-41(40-56-48-47(55)46(54)45(53)43(39-50)57-48)42(51)37-35-33-31-29-27-16-14-12-10-8-6-4-2/h33,35,41-43,45-48,50-51,53-55H,3-32,34,36-40H2,1-2H3,(H,49,52)/b35-33+/t41-,42+,43+,45+,46-,47+,48+/m0/s1. The Bertz CT molecular complexity index is 904. The first-order valence-corrected chi connectivity index (χ1v) is 24.4. The summed E-state index contributed by atoms with van der Waals surface area (Å²) in [6.07, 6.45) is 38.2. The minimum atomic E-state index is -1.56. The van der Waals surface area contributed by atoms with Crippen molar-refractivity contribution in [3.63, 3.8) is 0 Å². The molecule has 9 nitrogen and oxygen atoms in total. The Balaban J connectivity index is 2.25. The molecule has 0 radical (unpaired) electrons. The summed E-state index contributed by atoms with van der Waals surface area (Å²) in [6, 6.07) is -0.762. The maximum Gasteiger partial charge on any atom is 0.220 e. The number of carbonyl (C=O) groups excluding carboxylic acids is 1. The first kappa shape index (κ1) is 53.9. The molecule has 0 aromatic heterocycles. The Labute approximate surface area is 350 Å². The third-order valence-corrected chi connectivity index (χ3v) is 11.9. The number of carbonyl (C=O) groups is 1. The molecule has 338 valence electrons. The van der Waals surface area contributed by atoms with Crippen molar-refractivity contribution in [2.75, 3.05) is 13.2 Å². The molecule has 1 saturated heterocycles. The van der Waals surface area contributed by atoms with E-state index in [1.165, 1.54) is 173 Å². The van der Waals surface area contributed by atoms with Crippen LogP contribution in [-0.4, -0.2) is 87.5 Å². The van der Waals surface area contributed by atoms with Crippen molar-refractivity contribution in [3.05, 3.63) is 12.2 Å². The van der Waals surface area contributed by atoms with Gasteiger partial charge in [0.25, 0.3) is 0 Å². The van der Waals surface area contributed by atoms with Crippen LogP contribution in [0.5, 0.6) is 0 Å². The van der Waals surface area contributed by atoms with Gasteiger partial charge in [0.2, 0.25) is 5.91 Å². The van der Waals surface area contributed by atoms with E-state index in [0.29, 0.717) is 12.8 Å². The van der Waals surface area contributed by atoms with Crippen LogP contribution >= 0.6 is 0 Å². The monoisotopic (exact) mass is 812 g/mol. The molecular formula is C48H93NO8. The zero-order valence-electron chi connectivity index (χ0n) is 37.1. The quantitative estimate of drug-likeness (QED) is 0.0264. The van der Waals surface area contributed by atoms with Gasteiger partial charge in [-0.2, -0.15) is 0 Å². The zero-order chi connectivity index (χ0) is 41.6. The lowest BCUT2D eigenvalue weighted by Crippen LogP contribution is -2.60. The molecule has 0 spiro atoms. The minimum Gasteiger partial charge on any atom is -0.394 e. The van der Waals surface area contributed by atoms with Crippen LogP contribution in [0.15, 0.2) is 12.2 Å². The Morgan fingerprint density at radius 2 is 0.982 bits per heavy atom. The number of nitrogens with one attached hydrogen (secondary N) is 1. The van der Waals surface area contributed by atoms with Crippen molar-refractivity contribution in [3.8, 4) is 0 Å². The predicted molar refractivity (Wildman–Crippen MR) is 235 cm³/mol. The lowest BCUT2D eigenvalue weighted by atomic mass is 9.99. The number of amides is 1. The van der Waals surface area contributed by atoms with Gasteiger partial charge in [0.1, 0.15) is 24.4 Å². The number of ether oxygens (including phenoxy) is 2. The molecule has 57 heavy (non-hydrogen) atoms. The van der Waals surface area contributed by atoms with Crippen molar-refractivity contribution < 1.29 is 39.8 Å². The maximum absolute atomic E-state index is 13.0. The molecule has 1 fully saturated rings. The van der Waals surface area contributed by atoms with E-state index >= 15 is 0 Å². The summed E-state index contributed by atoms with van der Waals surface area (Å²) in [5.41, 5.74) is 0. The van der Waals surface area contributed by atoms with Crippen LogP contribution < -0.4 is 5.32 Å². The highest BCUT2D eigenvalue weighted by atomic mass is 16.7. The summed E-state index contributed by atoms with van der Waals surface area (Å²) in [4.78, 5) is 13.0. The van der Waals surface area contributed by atoms with E-state index in [-0.39, 0.29) is 12.5 Å². The average molecular weight is 812 g/mol. The first-order chi connectivity index (χ1) is 27.8. The van der Waals surface area contributed by atoms with E-state index in [2.05, 4.69) is 25.2 Å². The maximum atomic E-state index is 13.0. The largest absolute Gasteiger partial charge is 0.394 e. The first-order valence-electron chi connectivity index (χ1n) is 24.4. The van der Waals surface area contributed by atoms with Gasteiger partial charge < -0.3 is 40.3 Å². The fourth-order valence-corrected chi connectivity index (χ4v) is 7.92. The zero-order valence-corrected chi connectivity index (χ0v) is 37.1. The minimum absolute atomic E-state index is 0.164. The summed E-state index contributed by atoms with van der Waals surface area (Å²) in [7, 11) is 0. The van der Waals surface area contributed by atoms with Crippen LogP contribution in [0.25, 0.3) is 0 Å². The van der Waals surface area contributed by atoms with Gasteiger partial charge in [-0.15, -0.1) is 0 Å². The molecule has 6 N–H and O–H groups in total. The summed E-state index contributed by atoms with van der Waals surface area (Å²) in [6.45, 7) is 3.80. The van der Waals surface area contributed by atoms with Crippen LogP contribution in [0.1, 0.15) is 232 Å². The van der Waals surface area contributed by atoms with E-state index in [0.717, 1.165) is 32.1 Å². The molecular weight excluding hydrogens is 719 g/mol. The van der Waals surface area contributed by atoms with Crippen molar-refractivity contribution >= 4 is 5.91 Å². The molecule has 1 aliphatic heterocycles. The molecule has 9 heteroatoms. The van der Waals surface area contributed by atoms with Crippen LogP contribution in [0.2, 0.25) is 0 Å². The van der Waals surface area contributed by atoms with Crippen LogP contribution in [0.3, 0.4) is 0 Å². The summed E-state index contributed by atoms with van der Waals surface area (Å²) in [5.74, 6) is -0.164. The molecule has 0 aromatic carbocycles. The Kier molecular flexibility index (Phi) is 37.0. The molecule has 1 rings (SSSR count). The highest BCUT2D eigenvalue weighted by Crippen LogP contribution is 2.23. The number of aliphatic hydroxyl groups is 5. The van der Waals surface area contributed by atoms with Gasteiger partial charge in [-0.1, -0.05) is 212 Å². The van der Waals surface area contributed by atoms with Gasteiger partial charge in [-0.05, 0) is 25.7 Å². The molecule has 0 aromatic rings. The van der Waals surface area contributed by atoms with E-state index in [1.807, 2.05) is 6.08 Å². The molecule has 0 saturated carbocycles. The van der Waals surface area contributed by atoms with Gasteiger partial charge in [-0.3, -0.25) is 4.79 Å². The summed E-state index contributed by atoms with van der Waals surface area (Å²) in [5, 5.41) is 54.2. The van der Waals surface area contributed by atoms with Gasteiger partial charge in [0, 0.05) is 6.42 Å². The fraction of sp³-hybridized carbons (Fsp3) is 0.938. The smallest absolute Gasteiger partial charge is 0.220 e. The number of hydrogen-bond donors (Lipinski definition) is 6. The second kappa shape index (κ2) is 39.1. The van der Waals surface area contributed by atoms with Gasteiger partial charge in [0.15, 0.2) is 6.29 Å². The van der Waals surface area contributed by atoms with E-state index in [1.54, 1.807) is 0 Å². The van der Waals surface area contributed by atoms with Crippen LogP contribution in [0.4, 0.5) is 0 Å². The normalized spacial score (nSPS) is 21.0. The third-order valence-electron chi connectivity index (χ3n) is 11.9. The van der Waals surface area contributed by atoms with Crippen molar-refractivity contribution in [1.82, 2.24) is 5.32 Å². The van der Waals surface area contributed by atoms with Gasteiger partial charge >= 0.3 is 0 Å². The molecule has 0 unspecified atom stereocenters. The van der Waals surface area contributed by atoms with E-state index in [9.17, 15) is 30.3 Å². The van der Waals surface area contributed by atoms with Gasteiger partial charge in [-0.25, -0.2) is 0 Å². The Morgan fingerprint density at radius 1 is 0.579 bits per heavy atom. The van der Waals surface area contributed by atoms with E-state index < -0.39 is 49.5 Å². The number of aliphatic hydroxyl groups excluding tert-OH is 5. The Morgan fingerprint density at radius 3 is 1.40 bits per heavy atom. The number of rotatable bonds is 41. The topological polar surface area (TPSA) is 149 Å². The summed E-state index contributed by atoms with van der Waals surface area (Å²) >= 11 is 0. The molecule has 1 heterocycles. The lowest BCUT2D eigenvalue weighted by Gasteiger charge is -2.40. The third kappa shape index (κ3) is 29.7. The highest BCUT2D eigenvalue weighted by Gasteiger charge is 2.44. The fourth-order valence-electron chi connectivity index (χ4n) is 7.92. The highest BCUT2D eigenvalue weighted by molar-refractivity contribution is 5.76. The second-order valence-corrected chi connectivity index (χ2v) is 17.3. The molecule has 1 aliphatic rings. The Hall–Kier alpha value is -1.07. The predicted octanol–water partition coefficient (Wildman–Crippen LogP) is 10.5. The second-order valence-electron chi connectivity index (χ2n) is 17.3. The molecule has 0 bridgehead atoms. The average Bonchev–Trinajstić information content (AvgIpc) is 3.21. The number of allylic oxidation sites excluding steroid dienone is 1. The van der Waals surface area contributed by atoms with Gasteiger partial charge in [0.05, 0.1) is 25.4 Å². The van der Waals surface area contributed by atoms with Crippen molar-refractivity contribution in [2.24, 2.45) is 0 Å². The summed E-state index contributed by atoms with van der Waals surface area (Å²) < 4.78 is 11.2.